The third kappa shape index (κ3) is 4.83. The van der Waals surface area contributed by atoms with Gasteiger partial charge in [0.15, 0.2) is 0 Å². The van der Waals surface area contributed by atoms with Crippen LogP contribution >= 0.6 is 23.2 Å². The van der Waals surface area contributed by atoms with Crippen LogP contribution in [0.25, 0.3) is 0 Å². The van der Waals surface area contributed by atoms with Gasteiger partial charge in [-0.15, -0.1) is 0 Å². The van der Waals surface area contributed by atoms with Crippen molar-refractivity contribution in [3.05, 3.63) is 28.2 Å². The van der Waals surface area contributed by atoms with Crippen LogP contribution in [0, 0.1) is 0 Å². The highest BCUT2D eigenvalue weighted by molar-refractivity contribution is 6.42. The van der Waals surface area contributed by atoms with Crippen LogP contribution in [0.1, 0.15) is 6.92 Å². The number of nitrogens with zero attached hydrogens (tertiary/aromatic N) is 1. The average molecular weight is 332 g/mol. The van der Waals surface area contributed by atoms with Crippen LogP contribution in [-0.2, 0) is 9.53 Å². The molecule has 0 bridgehead atoms. The summed E-state index contributed by atoms with van der Waals surface area (Å²) in [5.74, 6) is -0.0984. The monoisotopic (exact) mass is 331 g/mol. The quantitative estimate of drug-likeness (QED) is 0.885. The zero-order valence-electron chi connectivity index (χ0n) is 11.8. The van der Waals surface area contributed by atoms with E-state index in [2.05, 4.69) is 5.32 Å². The van der Waals surface area contributed by atoms with Crippen molar-refractivity contribution in [3.63, 3.8) is 0 Å². The molecule has 116 valence electrons. The molecule has 1 aromatic rings. The summed E-state index contributed by atoms with van der Waals surface area (Å²) >= 11 is 11.8. The number of benzene rings is 1. The predicted molar refractivity (Wildman–Crippen MR) is 84.9 cm³/mol. The van der Waals surface area contributed by atoms with Crippen molar-refractivity contribution in [2.24, 2.45) is 5.73 Å². The first-order valence-electron chi connectivity index (χ1n) is 6.80. The minimum atomic E-state index is -0.0984. The molecule has 1 aromatic carbocycles. The van der Waals surface area contributed by atoms with E-state index in [1.54, 1.807) is 18.2 Å². The highest BCUT2D eigenvalue weighted by atomic mass is 35.5. The summed E-state index contributed by atoms with van der Waals surface area (Å²) in [5, 5.41) is 3.68. The minimum absolute atomic E-state index is 0.0310. The molecule has 0 aliphatic carbocycles. The molecule has 21 heavy (non-hydrogen) atoms. The summed E-state index contributed by atoms with van der Waals surface area (Å²) in [6.07, 6.45) is -0.0310. The summed E-state index contributed by atoms with van der Waals surface area (Å²) in [5.41, 5.74) is 6.47. The Kier molecular flexibility index (Phi) is 5.84. The second-order valence-electron chi connectivity index (χ2n) is 5.18. The van der Waals surface area contributed by atoms with Crippen LogP contribution in [0.3, 0.4) is 0 Å². The molecule has 7 heteroatoms. The third-order valence-electron chi connectivity index (χ3n) is 3.33. The van der Waals surface area contributed by atoms with E-state index >= 15 is 0 Å². The van der Waals surface area contributed by atoms with Gasteiger partial charge in [0.1, 0.15) is 0 Å². The van der Waals surface area contributed by atoms with Crippen molar-refractivity contribution >= 4 is 34.8 Å². The Morgan fingerprint density at radius 2 is 2.29 bits per heavy atom. The van der Waals surface area contributed by atoms with Gasteiger partial charge in [0, 0.05) is 24.8 Å². The molecule has 0 spiro atoms. The number of hydrogen-bond donors (Lipinski definition) is 2. The number of amides is 1. The van der Waals surface area contributed by atoms with Crippen molar-refractivity contribution in [3.8, 4) is 0 Å². The predicted octanol–water partition coefficient (Wildman–Crippen LogP) is 1.98. The largest absolute Gasteiger partial charge is 0.374 e. The molecular formula is C14H19Cl2N3O2. The number of carbonyl (C=O) groups is 1. The topological polar surface area (TPSA) is 67.6 Å². The van der Waals surface area contributed by atoms with Crippen molar-refractivity contribution in [2.45, 2.75) is 19.1 Å². The first-order chi connectivity index (χ1) is 9.95. The molecule has 1 aliphatic rings. The Morgan fingerprint density at radius 1 is 1.52 bits per heavy atom. The molecule has 5 nitrogen and oxygen atoms in total. The molecule has 0 saturated carbocycles. The molecule has 0 aromatic heterocycles. The van der Waals surface area contributed by atoms with Gasteiger partial charge < -0.3 is 15.8 Å². The third-order valence-corrected chi connectivity index (χ3v) is 4.07. The van der Waals surface area contributed by atoms with Gasteiger partial charge in [-0.3, -0.25) is 9.69 Å². The van der Waals surface area contributed by atoms with Crippen LogP contribution < -0.4 is 11.1 Å². The van der Waals surface area contributed by atoms with Crippen LogP contribution in [0.15, 0.2) is 18.2 Å². The molecule has 1 amide bonds. The van der Waals surface area contributed by atoms with Crippen molar-refractivity contribution in [1.82, 2.24) is 4.90 Å². The van der Waals surface area contributed by atoms with Crippen molar-refractivity contribution in [1.29, 1.82) is 0 Å². The van der Waals surface area contributed by atoms with Gasteiger partial charge in [0.25, 0.3) is 0 Å². The van der Waals surface area contributed by atoms with Gasteiger partial charge in [0.2, 0.25) is 5.91 Å². The zero-order chi connectivity index (χ0) is 15.4. The fourth-order valence-electron chi connectivity index (χ4n) is 2.17. The van der Waals surface area contributed by atoms with E-state index in [1.807, 2.05) is 11.8 Å². The highest BCUT2D eigenvalue weighted by Gasteiger charge is 2.24. The molecular weight excluding hydrogens is 313 g/mol. The smallest absolute Gasteiger partial charge is 0.238 e. The Hall–Kier alpha value is -0.850. The molecule has 1 heterocycles. The zero-order valence-corrected chi connectivity index (χ0v) is 13.3. The molecule has 3 N–H and O–H groups in total. The molecule has 1 aliphatic heterocycles. The lowest BCUT2D eigenvalue weighted by molar-refractivity contribution is -0.119. The molecule has 1 fully saturated rings. The fraction of sp³-hybridized carbons (Fsp3) is 0.500. The van der Waals surface area contributed by atoms with Gasteiger partial charge in [-0.1, -0.05) is 23.2 Å². The first-order valence-corrected chi connectivity index (χ1v) is 7.55. The molecule has 2 unspecified atom stereocenters. The number of nitrogens with two attached hydrogens (primary N) is 1. The van der Waals surface area contributed by atoms with E-state index in [0.717, 1.165) is 6.54 Å². The number of ether oxygens (including phenoxy) is 1. The van der Waals surface area contributed by atoms with Gasteiger partial charge >= 0.3 is 0 Å². The molecule has 2 rings (SSSR count). The van der Waals surface area contributed by atoms with Crippen LogP contribution in [0.2, 0.25) is 10.0 Å². The fourth-order valence-corrected chi connectivity index (χ4v) is 2.47. The minimum Gasteiger partial charge on any atom is -0.374 e. The Morgan fingerprint density at radius 3 is 2.95 bits per heavy atom. The van der Waals surface area contributed by atoms with Gasteiger partial charge in [-0.25, -0.2) is 0 Å². The van der Waals surface area contributed by atoms with Gasteiger partial charge in [-0.2, -0.15) is 0 Å². The van der Waals surface area contributed by atoms with E-state index in [9.17, 15) is 4.79 Å². The van der Waals surface area contributed by atoms with Crippen LogP contribution in [-0.4, -0.2) is 49.2 Å². The molecule has 2 atom stereocenters. The lowest BCUT2D eigenvalue weighted by Gasteiger charge is -2.34. The Labute approximate surface area is 134 Å². The summed E-state index contributed by atoms with van der Waals surface area (Å²) in [6, 6.07) is 4.95. The number of anilines is 1. The second-order valence-corrected chi connectivity index (χ2v) is 5.99. The number of morpholine rings is 1. The van der Waals surface area contributed by atoms with Gasteiger partial charge in [-0.05, 0) is 25.1 Å². The summed E-state index contributed by atoms with van der Waals surface area (Å²) in [4.78, 5) is 14.1. The number of halogens is 2. The number of hydrogen-bond acceptors (Lipinski definition) is 4. The average Bonchev–Trinajstić information content (AvgIpc) is 2.43. The maximum Gasteiger partial charge on any atom is 0.238 e. The van der Waals surface area contributed by atoms with Crippen molar-refractivity contribution < 1.29 is 9.53 Å². The Balaban J connectivity index is 1.87. The standard InChI is InChI=1S/C14H19Cl2N3O2/c1-9(17)13-7-19(4-5-21-13)8-14(20)18-10-2-3-11(15)12(16)6-10/h2-3,6,9,13H,4-5,7-8,17H2,1H3,(H,18,20). The Bertz CT molecular complexity index is 511. The number of carbonyl (C=O) groups excluding carboxylic acids is 1. The van der Waals surface area contributed by atoms with Crippen LogP contribution in [0.5, 0.6) is 0 Å². The highest BCUT2D eigenvalue weighted by Crippen LogP contribution is 2.24. The van der Waals surface area contributed by atoms with E-state index in [1.165, 1.54) is 0 Å². The normalized spacial score (nSPS) is 21.0. The van der Waals surface area contributed by atoms with E-state index in [4.69, 9.17) is 33.7 Å². The van der Waals surface area contributed by atoms with E-state index in [0.29, 0.717) is 35.4 Å². The SMILES string of the molecule is CC(N)C1CN(CC(=O)Nc2ccc(Cl)c(Cl)c2)CCO1. The number of nitrogens with one attached hydrogen (secondary N) is 1. The number of rotatable bonds is 4. The maximum absolute atomic E-state index is 12.1. The lowest BCUT2D eigenvalue weighted by atomic mass is 10.1. The van der Waals surface area contributed by atoms with E-state index in [-0.39, 0.29) is 18.1 Å². The van der Waals surface area contributed by atoms with Gasteiger partial charge in [0.05, 0.1) is 29.3 Å². The molecule has 1 saturated heterocycles. The van der Waals surface area contributed by atoms with E-state index < -0.39 is 0 Å². The summed E-state index contributed by atoms with van der Waals surface area (Å²) in [7, 11) is 0. The first kappa shape index (κ1) is 16.5. The van der Waals surface area contributed by atoms with Crippen molar-refractivity contribution in [2.75, 3.05) is 31.6 Å². The second kappa shape index (κ2) is 7.42. The summed E-state index contributed by atoms with van der Waals surface area (Å²) < 4.78 is 5.57. The molecule has 0 radical (unpaired) electrons. The summed E-state index contributed by atoms with van der Waals surface area (Å²) in [6.45, 7) is 4.17. The lowest BCUT2D eigenvalue weighted by Crippen LogP contribution is -2.51. The van der Waals surface area contributed by atoms with Crippen LogP contribution in [0.4, 0.5) is 5.69 Å². The maximum atomic E-state index is 12.1.